The fraction of sp³-hybridized carbons (Fsp3) is 0.538. The van der Waals surface area contributed by atoms with Crippen molar-refractivity contribution >= 4 is 11.8 Å². The Hall–Kier alpha value is -1.98. The molecular formula is C13H18N4O2. The van der Waals surface area contributed by atoms with Crippen LogP contribution in [0, 0.1) is 0 Å². The van der Waals surface area contributed by atoms with Crippen LogP contribution in [-0.2, 0) is 4.79 Å². The maximum Gasteiger partial charge on any atom is 0.274 e. The summed E-state index contributed by atoms with van der Waals surface area (Å²) in [6.07, 6.45) is 6.62. The molecule has 1 aliphatic heterocycles. The second kappa shape index (κ2) is 6.26. The van der Waals surface area contributed by atoms with Gasteiger partial charge < -0.3 is 10.2 Å². The van der Waals surface area contributed by atoms with Crippen LogP contribution in [0.2, 0.25) is 0 Å². The summed E-state index contributed by atoms with van der Waals surface area (Å²) in [5.41, 5.74) is 0.374. The molecule has 1 saturated heterocycles. The van der Waals surface area contributed by atoms with Crippen molar-refractivity contribution in [2.75, 3.05) is 13.1 Å². The van der Waals surface area contributed by atoms with E-state index in [0.29, 0.717) is 25.2 Å². The lowest BCUT2D eigenvalue weighted by Gasteiger charge is -2.32. The van der Waals surface area contributed by atoms with Crippen LogP contribution >= 0.6 is 0 Å². The zero-order valence-corrected chi connectivity index (χ0v) is 11.0. The molecule has 1 aliphatic rings. The topological polar surface area (TPSA) is 75.2 Å². The van der Waals surface area contributed by atoms with Crippen molar-refractivity contribution in [1.82, 2.24) is 20.2 Å². The smallest absolute Gasteiger partial charge is 0.274 e. The third kappa shape index (κ3) is 3.49. The van der Waals surface area contributed by atoms with Gasteiger partial charge in [0, 0.05) is 37.9 Å². The van der Waals surface area contributed by atoms with E-state index in [2.05, 4.69) is 15.3 Å². The molecule has 6 nitrogen and oxygen atoms in total. The highest BCUT2D eigenvalue weighted by molar-refractivity contribution is 5.92. The van der Waals surface area contributed by atoms with Crippen molar-refractivity contribution < 1.29 is 9.59 Å². The van der Waals surface area contributed by atoms with Gasteiger partial charge in [-0.15, -0.1) is 0 Å². The molecular weight excluding hydrogens is 244 g/mol. The van der Waals surface area contributed by atoms with E-state index in [1.165, 1.54) is 12.4 Å². The summed E-state index contributed by atoms with van der Waals surface area (Å²) in [4.78, 5) is 33.1. The van der Waals surface area contributed by atoms with Crippen LogP contribution in [0.5, 0.6) is 0 Å². The van der Waals surface area contributed by atoms with Crippen LogP contribution in [-0.4, -0.2) is 45.8 Å². The highest BCUT2D eigenvalue weighted by Gasteiger charge is 2.24. The monoisotopic (exact) mass is 262 g/mol. The molecule has 1 N–H and O–H groups in total. The molecule has 1 aromatic heterocycles. The predicted octanol–water partition coefficient (Wildman–Crippen LogP) is 0.607. The van der Waals surface area contributed by atoms with Gasteiger partial charge in [0.15, 0.2) is 0 Å². The summed E-state index contributed by atoms with van der Waals surface area (Å²) in [6.45, 7) is 3.12. The minimum atomic E-state index is -0.0895. The number of carbonyl (C=O) groups excluding carboxylic acids is 2. The van der Waals surface area contributed by atoms with Gasteiger partial charge in [0.25, 0.3) is 5.91 Å². The van der Waals surface area contributed by atoms with E-state index in [1.807, 2.05) is 6.92 Å². The Bertz CT molecular complexity index is 441. The Morgan fingerprint density at radius 3 is 2.68 bits per heavy atom. The normalized spacial score (nSPS) is 16.2. The first-order chi connectivity index (χ1) is 9.20. The summed E-state index contributed by atoms with van der Waals surface area (Å²) in [6, 6.07) is 0.179. The van der Waals surface area contributed by atoms with Crippen molar-refractivity contribution in [3.8, 4) is 0 Å². The molecule has 0 spiro atoms. The van der Waals surface area contributed by atoms with Crippen LogP contribution in [0.4, 0.5) is 0 Å². The molecule has 19 heavy (non-hydrogen) atoms. The molecule has 2 amide bonds. The second-order valence-electron chi connectivity index (χ2n) is 4.58. The number of piperidine rings is 1. The lowest BCUT2D eigenvalue weighted by atomic mass is 10.0. The van der Waals surface area contributed by atoms with Crippen molar-refractivity contribution in [2.24, 2.45) is 0 Å². The number of amides is 2. The molecule has 2 rings (SSSR count). The van der Waals surface area contributed by atoms with Gasteiger partial charge in [0.05, 0.1) is 6.20 Å². The SMILES string of the molecule is CCC(=O)NC1CCN(C(=O)c2cnccn2)CC1. The summed E-state index contributed by atoms with van der Waals surface area (Å²) in [7, 11) is 0. The standard InChI is InChI=1S/C13H18N4O2/c1-2-12(18)16-10-3-7-17(8-4-10)13(19)11-9-14-5-6-15-11/h5-6,9-10H,2-4,7-8H2,1H3,(H,16,18). The molecule has 0 saturated carbocycles. The van der Waals surface area contributed by atoms with Crippen LogP contribution < -0.4 is 5.32 Å². The molecule has 102 valence electrons. The Labute approximate surface area is 112 Å². The summed E-state index contributed by atoms with van der Waals surface area (Å²) >= 11 is 0. The van der Waals surface area contributed by atoms with Crippen LogP contribution in [0.1, 0.15) is 36.7 Å². The molecule has 6 heteroatoms. The Balaban J connectivity index is 1.86. The summed E-state index contributed by atoms with van der Waals surface area (Å²) in [5, 5.41) is 2.96. The van der Waals surface area contributed by atoms with E-state index in [9.17, 15) is 9.59 Å². The lowest BCUT2D eigenvalue weighted by Crippen LogP contribution is -2.46. The molecule has 1 aromatic rings. The van der Waals surface area contributed by atoms with Gasteiger partial charge in [-0.3, -0.25) is 14.6 Å². The molecule has 1 fully saturated rings. The van der Waals surface area contributed by atoms with Gasteiger partial charge in [-0.25, -0.2) is 4.98 Å². The van der Waals surface area contributed by atoms with E-state index in [4.69, 9.17) is 0 Å². The molecule has 0 atom stereocenters. The van der Waals surface area contributed by atoms with Crippen molar-refractivity contribution in [2.45, 2.75) is 32.2 Å². The fourth-order valence-electron chi connectivity index (χ4n) is 2.13. The third-order valence-electron chi connectivity index (χ3n) is 3.25. The first kappa shape index (κ1) is 13.5. The second-order valence-corrected chi connectivity index (χ2v) is 4.58. The van der Waals surface area contributed by atoms with Crippen LogP contribution in [0.3, 0.4) is 0 Å². The zero-order valence-electron chi connectivity index (χ0n) is 11.0. The Kier molecular flexibility index (Phi) is 4.43. The lowest BCUT2D eigenvalue weighted by molar-refractivity contribution is -0.121. The zero-order chi connectivity index (χ0) is 13.7. The highest BCUT2D eigenvalue weighted by atomic mass is 16.2. The Morgan fingerprint density at radius 1 is 1.37 bits per heavy atom. The minimum Gasteiger partial charge on any atom is -0.353 e. The van der Waals surface area contributed by atoms with Gasteiger partial charge in [-0.1, -0.05) is 6.92 Å². The number of hydrogen-bond donors (Lipinski definition) is 1. The molecule has 2 heterocycles. The van der Waals surface area contributed by atoms with Gasteiger partial charge in [0.1, 0.15) is 5.69 Å². The average molecular weight is 262 g/mol. The first-order valence-electron chi connectivity index (χ1n) is 6.55. The van der Waals surface area contributed by atoms with Crippen molar-refractivity contribution in [1.29, 1.82) is 0 Å². The van der Waals surface area contributed by atoms with Gasteiger partial charge in [0.2, 0.25) is 5.91 Å². The quantitative estimate of drug-likeness (QED) is 0.866. The van der Waals surface area contributed by atoms with Crippen molar-refractivity contribution in [3.63, 3.8) is 0 Å². The molecule has 0 bridgehead atoms. The van der Waals surface area contributed by atoms with E-state index in [1.54, 1.807) is 11.1 Å². The third-order valence-corrected chi connectivity index (χ3v) is 3.25. The highest BCUT2D eigenvalue weighted by Crippen LogP contribution is 2.12. The fourth-order valence-corrected chi connectivity index (χ4v) is 2.13. The number of carbonyl (C=O) groups is 2. The number of nitrogens with one attached hydrogen (secondary N) is 1. The number of likely N-dealkylation sites (tertiary alicyclic amines) is 1. The number of hydrogen-bond acceptors (Lipinski definition) is 4. The largest absolute Gasteiger partial charge is 0.353 e. The average Bonchev–Trinajstić information content (AvgIpc) is 2.48. The predicted molar refractivity (Wildman–Crippen MR) is 69.4 cm³/mol. The maximum absolute atomic E-state index is 12.1. The van der Waals surface area contributed by atoms with Crippen molar-refractivity contribution in [3.05, 3.63) is 24.3 Å². The number of rotatable bonds is 3. The molecule has 0 radical (unpaired) electrons. The van der Waals surface area contributed by atoms with Gasteiger partial charge >= 0.3 is 0 Å². The summed E-state index contributed by atoms with van der Waals surface area (Å²) < 4.78 is 0. The van der Waals surface area contributed by atoms with E-state index in [-0.39, 0.29) is 17.9 Å². The number of aromatic nitrogens is 2. The maximum atomic E-state index is 12.1. The minimum absolute atomic E-state index is 0.0682. The van der Waals surface area contributed by atoms with Gasteiger partial charge in [-0.2, -0.15) is 0 Å². The van der Waals surface area contributed by atoms with E-state index < -0.39 is 0 Å². The molecule has 0 aromatic carbocycles. The molecule has 0 unspecified atom stereocenters. The first-order valence-corrected chi connectivity index (χ1v) is 6.55. The van der Waals surface area contributed by atoms with E-state index in [0.717, 1.165) is 12.8 Å². The summed E-state index contributed by atoms with van der Waals surface area (Å²) in [5.74, 6) is -0.0212. The van der Waals surface area contributed by atoms with Crippen LogP contribution in [0.25, 0.3) is 0 Å². The Morgan fingerprint density at radius 2 is 2.11 bits per heavy atom. The number of nitrogens with zero attached hydrogens (tertiary/aromatic N) is 3. The van der Waals surface area contributed by atoms with Crippen LogP contribution in [0.15, 0.2) is 18.6 Å². The van der Waals surface area contributed by atoms with E-state index >= 15 is 0 Å². The van der Waals surface area contributed by atoms with Gasteiger partial charge in [-0.05, 0) is 12.8 Å². The molecule has 0 aliphatic carbocycles.